The summed E-state index contributed by atoms with van der Waals surface area (Å²) in [5.41, 5.74) is 1.47. The van der Waals surface area contributed by atoms with Crippen molar-refractivity contribution in [1.29, 1.82) is 0 Å². The van der Waals surface area contributed by atoms with Crippen LogP contribution in [0.4, 0.5) is 11.4 Å². The van der Waals surface area contributed by atoms with E-state index in [9.17, 15) is 9.59 Å². The maximum absolute atomic E-state index is 13.0. The lowest BCUT2D eigenvalue weighted by atomic mass is 9.95. The molecule has 1 fully saturated rings. The van der Waals surface area contributed by atoms with E-state index in [2.05, 4.69) is 34.3 Å². The quantitative estimate of drug-likeness (QED) is 0.566. The Kier molecular flexibility index (Phi) is 8.78. The largest absolute Gasteiger partial charge is 0.371 e. The first-order valence-electron chi connectivity index (χ1n) is 10.6. The standard InChI is InChI=1S/C22H35ClN4O2/c1-5-26(6-2)14-11-24-20(28)18-15-17(25-21(29)22(3,4)16-23)9-10-19(18)27-12-7-8-13-27/h9-10,15H,5-8,11-14,16H2,1-4H3,(H,24,28)(H,25,29). The first-order valence-corrected chi connectivity index (χ1v) is 11.1. The lowest BCUT2D eigenvalue weighted by Gasteiger charge is -2.24. The highest BCUT2D eigenvalue weighted by Crippen LogP contribution is 2.28. The molecule has 1 aromatic carbocycles. The number of nitrogens with zero attached hydrogens (tertiary/aromatic N) is 2. The molecular weight excluding hydrogens is 388 g/mol. The predicted octanol–water partition coefficient (Wildman–Crippen LogP) is 3.56. The van der Waals surface area contributed by atoms with Gasteiger partial charge < -0.3 is 20.4 Å². The number of rotatable bonds is 10. The summed E-state index contributed by atoms with van der Waals surface area (Å²) in [5.74, 6) is -0.0373. The van der Waals surface area contributed by atoms with Crippen LogP contribution in [-0.2, 0) is 4.79 Å². The zero-order chi connectivity index (χ0) is 21.4. The molecule has 0 unspecified atom stereocenters. The molecule has 1 heterocycles. The minimum absolute atomic E-state index is 0.105. The number of hydrogen-bond donors (Lipinski definition) is 2. The van der Waals surface area contributed by atoms with Gasteiger partial charge in [-0.05, 0) is 58.0 Å². The summed E-state index contributed by atoms with van der Waals surface area (Å²) < 4.78 is 0. The van der Waals surface area contributed by atoms with Gasteiger partial charge in [0, 0.05) is 43.4 Å². The maximum Gasteiger partial charge on any atom is 0.253 e. The fraction of sp³-hybridized carbons (Fsp3) is 0.636. The minimum atomic E-state index is -0.679. The van der Waals surface area contributed by atoms with Gasteiger partial charge in [0.1, 0.15) is 0 Å². The zero-order valence-electron chi connectivity index (χ0n) is 18.2. The monoisotopic (exact) mass is 422 g/mol. The number of benzene rings is 1. The fourth-order valence-corrected chi connectivity index (χ4v) is 3.47. The van der Waals surface area contributed by atoms with Crippen molar-refractivity contribution in [2.45, 2.75) is 40.5 Å². The molecule has 1 saturated heterocycles. The van der Waals surface area contributed by atoms with Crippen molar-refractivity contribution in [1.82, 2.24) is 10.2 Å². The topological polar surface area (TPSA) is 64.7 Å². The molecule has 7 heteroatoms. The normalized spacial score (nSPS) is 14.3. The van der Waals surface area contributed by atoms with Crippen LogP contribution in [-0.4, -0.2) is 61.9 Å². The Hall–Kier alpha value is -1.79. The maximum atomic E-state index is 13.0. The number of alkyl halides is 1. The minimum Gasteiger partial charge on any atom is -0.371 e. The Bertz CT molecular complexity index is 698. The first-order chi connectivity index (χ1) is 13.8. The van der Waals surface area contributed by atoms with Crippen LogP contribution in [0.5, 0.6) is 0 Å². The van der Waals surface area contributed by atoms with Gasteiger partial charge in [0.2, 0.25) is 5.91 Å². The fourth-order valence-electron chi connectivity index (χ4n) is 3.35. The van der Waals surface area contributed by atoms with Crippen molar-refractivity contribution in [2.75, 3.05) is 55.4 Å². The van der Waals surface area contributed by atoms with E-state index in [-0.39, 0.29) is 17.7 Å². The molecule has 1 aliphatic rings. The average Bonchev–Trinajstić information content (AvgIpc) is 3.25. The first kappa shape index (κ1) is 23.5. The van der Waals surface area contributed by atoms with E-state index in [1.807, 2.05) is 12.1 Å². The Morgan fingerprint density at radius 2 is 1.83 bits per heavy atom. The van der Waals surface area contributed by atoms with E-state index in [4.69, 9.17) is 11.6 Å². The summed E-state index contributed by atoms with van der Waals surface area (Å²) in [4.78, 5) is 30.0. The number of carbonyl (C=O) groups is 2. The van der Waals surface area contributed by atoms with Crippen LogP contribution in [0.3, 0.4) is 0 Å². The van der Waals surface area contributed by atoms with Gasteiger partial charge in [-0.2, -0.15) is 0 Å². The van der Waals surface area contributed by atoms with Crippen LogP contribution in [0, 0.1) is 5.41 Å². The van der Waals surface area contributed by atoms with E-state index in [0.29, 0.717) is 17.8 Å². The molecule has 0 atom stereocenters. The van der Waals surface area contributed by atoms with Gasteiger partial charge in [-0.1, -0.05) is 13.8 Å². The smallest absolute Gasteiger partial charge is 0.253 e. The highest BCUT2D eigenvalue weighted by Gasteiger charge is 2.27. The summed E-state index contributed by atoms with van der Waals surface area (Å²) in [5, 5.41) is 5.95. The van der Waals surface area contributed by atoms with E-state index in [0.717, 1.165) is 51.3 Å². The second-order valence-electron chi connectivity index (χ2n) is 8.18. The molecule has 0 radical (unpaired) electrons. The highest BCUT2D eigenvalue weighted by molar-refractivity contribution is 6.20. The number of hydrogen-bond acceptors (Lipinski definition) is 4. The van der Waals surface area contributed by atoms with Crippen LogP contribution in [0.15, 0.2) is 18.2 Å². The van der Waals surface area contributed by atoms with E-state index >= 15 is 0 Å². The van der Waals surface area contributed by atoms with E-state index < -0.39 is 5.41 Å². The number of halogens is 1. The number of amides is 2. The third-order valence-corrected chi connectivity index (χ3v) is 6.17. The molecule has 1 aromatic rings. The number of anilines is 2. The van der Waals surface area contributed by atoms with Crippen LogP contribution < -0.4 is 15.5 Å². The second kappa shape index (κ2) is 10.8. The van der Waals surface area contributed by atoms with Gasteiger partial charge in [-0.3, -0.25) is 9.59 Å². The molecule has 6 nitrogen and oxygen atoms in total. The third-order valence-electron chi connectivity index (χ3n) is 5.50. The van der Waals surface area contributed by atoms with Crippen LogP contribution >= 0.6 is 11.6 Å². The molecule has 1 aliphatic heterocycles. The summed E-state index contributed by atoms with van der Waals surface area (Å²) >= 11 is 5.92. The summed E-state index contributed by atoms with van der Waals surface area (Å²) in [7, 11) is 0. The zero-order valence-corrected chi connectivity index (χ0v) is 18.9. The van der Waals surface area contributed by atoms with Gasteiger partial charge in [0.25, 0.3) is 5.91 Å². The molecule has 0 bridgehead atoms. The molecule has 2 rings (SSSR count). The molecule has 0 saturated carbocycles. The molecule has 0 aromatic heterocycles. The molecule has 2 N–H and O–H groups in total. The van der Waals surface area contributed by atoms with Crippen LogP contribution in [0.25, 0.3) is 0 Å². The lowest BCUT2D eigenvalue weighted by molar-refractivity contribution is -0.122. The number of likely N-dealkylation sites (N-methyl/N-ethyl adjacent to an activating group) is 1. The Labute approximate surface area is 180 Å². The molecule has 0 aliphatic carbocycles. The van der Waals surface area contributed by atoms with Crippen molar-refractivity contribution in [2.24, 2.45) is 5.41 Å². The number of nitrogens with one attached hydrogen (secondary N) is 2. The molecule has 29 heavy (non-hydrogen) atoms. The highest BCUT2D eigenvalue weighted by atomic mass is 35.5. The van der Waals surface area contributed by atoms with Crippen molar-refractivity contribution < 1.29 is 9.59 Å². The second-order valence-corrected chi connectivity index (χ2v) is 8.45. The van der Waals surface area contributed by atoms with E-state index in [1.165, 1.54) is 0 Å². The average molecular weight is 423 g/mol. The summed E-state index contributed by atoms with van der Waals surface area (Å²) in [6.45, 7) is 13.1. The Morgan fingerprint density at radius 3 is 2.41 bits per heavy atom. The van der Waals surface area contributed by atoms with Gasteiger partial charge in [-0.15, -0.1) is 11.6 Å². The van der Waals surface area contributed by atoms with Crippen LogP contribution in [0.1, 0.15) is 50.9 Å². The van der Waals surface area contributed by atoms with Crippen molar-refractivity contribution in [3.63, 3.8) is 0 Å². The Morgan fingerprint density at radius 1 is 1.17 bits per heavy atom. The van der Waals surface area contributed by atoms with Gasteiger partial charge in [0.05, 0.1) is 11.0 Å². The predicted molar refractivity (Wildman–Crippen MR) is 121 cm³/mol. The van der Waals surface area contributed by atoms with Crippen molar-refractivity contribution >= 4 is 34.8 Å². The molecule has 162 valence electrons. The van der Waals surface area contributed by atoms with Crippen molar-refractivity contribution in [3.8, 4) is 0 Å². The SMILES string of the molecule is CCN(CC)CCNC(=O)c1cc(NC(=O)C(C)(C)CCl)ccc1N1CCCC1. The van der Waals surface area contributed by atoms with Gasteiger partial charge in [0.15, 0.2) is 0 Å². The molecule has 2 amide bonds. The summed E-state index contributed by atoms with van der Waals surface area (Å²) in [6.07, 6.45) is 2.26. The summed E-state index contributed by atoms with van der Waals surface area (Å²) in [6, 6.07) is 5.58. The molecular formula is C22H35ClN4O2. The number of carbonyl (C=O) groups excluding carboxylic acids is 2. The van der Waals surface area contributed by atoms with Crippen LogP contribution in [0.2, 0.25) is 0 Å². The lowest BCUT2D eigenvalue weighted by Crippen LogP contribution is -2.35. The van der Waals surface area contributed by atoms with Gasteiger partial charge in [-0.25, -0.2) is 0 Å². The van der Waals surface area contributed by atoms with Crippen molar-refractivity contribution in [3.05, 3.63) is 23.8 Å². The molecule has 0 spiro atoms. The third kappa shape index (κ3) is 6.34. The van der Waals surface area contributed by atoms with Gasteiger partial charge >= 0.3 is 0 Å². The Balaban J connectivity index is 2.19. The van der Waals surface area contributed by atoms with E-state index in [1.54, 1.807) is 19.9 Å².